The highest BCUT2D eigenvalue weighted by Crippen LogP contribution is 2.29. The first-order valence-corrected chi connectivity index (χ1v) is 8.31. The number of amides is 1. The van der Waals surface area contributed by atoms with Crippen molar-refractivity contribution in [2.45, 2.75) is 39.7 Å². The maximum Gasteiger partial charge on any atom is 0.225 e. The lowest BCUT2D eigenvalue weighted by atomic mass is 10.0. The molecule has 0 N–H and O–H groups in total. The normalized spacial score (nSPS) is 18.4. The van der Waals surface area contributed by atoms with Gasteiger partial charge in [0, 0.05) is 48.9 Å². The molecule has 1 fully saturated rings. The molecular weight excluding hydrogens is 288 g/mol. The fourth-order valence-electron chi connectivity index (χ4n) is 3.35. The molecule has 3 heterocycles. The molecule has 1 aliphatic rings. The zero-order valence-corrected chi connectivity index (χ0v) is 14.1. The number of rotatable bonds is 3. The molecule has 0 aromatic carbocycles. The predicted molar refractivity (Wildman–Crippen MR) is 89.9 cm³/mol. The smallest absolute Gasteiger partial charge is 0.225 e. The summed E-state index contributed by atoms with van der Waals surface area (Å²) in [4.78, 5) is 23.1. The topological polar surface area (TPSA) is 51.0 Å². The molecule has 122 valence electrons. The van der Waals surface area contributed by atoms with Gasteiger partial charge in [0.1, 0.15) is 5.82 Å². The zero-order valence-electron chi connectivity index (χ0n) is 14.1. The predicted octanol–water partition coefficient (Wildman–Crippen LogP) is 3.07. The summed E-state index contributed by atoms with van der Waals surface area (Å²) in [6, 6.07) is 4.24. The van der Waals surface area contributed by atoms with Gasteiger partial charge in [-0.25, -0.2) is 4.98 Å². The quantitative estimate of drug-likeness (QED) is 0.875. The maximum atomic E-state index is 12.3. The van der Waals surface area contributed by atoms with Gasteiger partial charge in [-0.15, -0.1) is 0 Å². The highest BCUT2D eigenvalue weighted by atomic mass is 16.2. The third-order valence-electron chi connectivity index (χ3n) is 4.47. The van der Waals surface area contributed by atoms with Crippen LogP contribution in [0.4, 0.5) is 0 Å². The van der Waals surface area contributed by atoms with Gasteiger partial charge in [-0.3, -0.25) is 9.78 Å². The van der Waals surface area contributed by atoms with Crippen LogP contribution in [0.25, 0.3) is 11.4 Å². The standard InChI is InChI=1S/C18H24N4O/c1-13(2)18(23)21-9-5-7-16(12-21)22-14(3)10-20-17(22)15-6-4-8-19-11-15/h4,6,8,10-11,13,16H,5,7,9,12H2,1-3H3. The van der Waals surface area contributed by atoms with Crippen molar-refractivity contribution in [1.29, 1.82) is 0 Å². The summed E-state index contributed by atoms with van der Waals surface area (Å²) >= 11 is 0. The van der Waals surface area contributed by atoms with E-state index in [4.69, 9.17) is 0 Å². The number of pyridine rings is 1. The number of aryl methyl sites for hydroxylation is 1. The molecule has 1 atom stereocenters. The number of hydrogen-bond acceptors (Lipinski definition) is 3. The van der Waals surface area contributed by atoms with Gasteiger partial charge in [-0.1, -0.05) is 13.8 Å². The largest absolute Gasteiger partial charge is 0.340 e. The van der Waals surface area contributed by atoms with Crippen molar-refractivity contribution in [3.05, 3.63) is 36.4 Å². The summed E-state index contributed by atoms with van der Waals surface area (Å²) in [5.74, 6) is 1.24. The Morgan fingerprint density at radius 1 is 1.35 bits per heavy atom. The van der Waals surface area contributed by atoms with E-state index in [1.165, 1.54) is 0 Å². The van der Waals surface area contributed by atoms with E-state index < -0.39 is 0 Å². The van der Waals surface area contributed by atoms with Crippen molar-refractivity contribution in [2.75, 3.05) is 13.1 Å². The Morgan fingerprint density at radius 2 is 2.17 bits per heavy atom. The SMILES string of the molecule is Cc1cnc(-c2cccnc2)n1C1CCCN(C(=O)C(C)C)C1. The van der Waals surface area contributed by atoms with Crippen molar-refractivity contribution in [1.82, 2.24) is 19.4 Å². The first-order valence-electron chi connectivity index (χ1n) is 8.31. The Bertz CT molecular complexity index is 678. The molecule has 2 aromatic heterocycles. The number of hydrogen-bond donors (Lipinski definition) is 0. The second-order valence-corrected chi connectivity index (χ2v) is 6.57. The number of carbonyl (C=O) groups is 1. The fourth-order valence-corrected chi connectivity index (χ4v) is 3.35. The first kappa shape index (κ1) is 15.7. The molecule has 1 saturated heterocycles. The number of aromatic nitrogens is 3. The number of piperidine rings is 1. The van der Waals surface area contributed by atoms with Crippen LogP contribution in [0.15, 0.2) is 30.7 Å². The van der Waals surface area contributed by atoms with Gasteiger partial charge < -0.3 is 9.47 Å². The second-order valence-electron chi connectivity index (χ2n) is 6.57. The summed E-state index contributed by atoms with van der Waals surface area (Å²) < 4.78 is 2.27. The highest BCUT2D eigenvalue weighted by molar-refractivity contribution is 5.78. The molecule has 0 aliphatic carbocycles. The Balaban J connectivity index is 1.90. The molecule has 0 saturated carbocycles. The summed E-state index contributed by atoms with van der Waals surface area (Å²) in [7, 11) is 0. The zero-order chi connectivity index (χ0) is 16.4. The van der Waals surface area contributed by atoms with Gasteiger partial charge in [0.2, 0.25) is 5.91 Å². The van der Waals surface area contributed by atoms with Gasteiger partial charge in [-0.05, 0) is 31.9 Å². The minimum atomic E-state index is 0.0513. The Kier molecular flexibility index (Phi) is 4.46. The third-order valence-corrected chi connectivity index (χ3v) is 4.47. The molecule has 0 radical (unpaired) electrons. The Morgan fingerprint density at radius 3 is 2.87 bits per heavy atom. The van der Waals surface area contributed by atoms with Crippen molar-refractivity contribution in [3.8, 4) is 11.4 Å². The molecule has 1 aliphatic heterocycles. The van der Waals surface area contributed by atoms with E-state index in [1.807, 2.05) is 43.3 Å². The van der Waals surface area contributed by atoms with Crippen LogP contribution in [-0.4, -0.2) is 38.4 Å². The summed E-state index contributed by atoms with van der Waals surface area (Å²) in [5, 5.41) is 0. The molecule has 5 nitrogen and oxygen atoms in total. The molecule has 3 rings (SSSR count). The van der Waals surface area contributed by atoms with E-state index >= 15 is 0 Å². The highest BCUT2D eigenvalue weighted by Gasteiger charge is 2.28. The van der Waals surface area contributed by atoms with Crippen LogP contribution >= 0.6 is 0 Å². The molecule has 5 heteroatoms. The lowest BCUT2D eigenvalue weighted by Crippen LogP contribution is -2.42. The number of imidazole rings is 1. The van der Waals surface area contributed by atoms with Crippen LogP contribution in [0, 0.1) is 12.8 Å². The lowest BCUT2D eigenvalue weighted by Gasteiger charge is -2.35. The van der Waals surface area contributed by atoms with Gasteiger partial charge >= 0.3 is 0 Å². The minimum Gasteiger partial charge on any atom is -0.340 e. The minimum absolute atomic E-state index is 0.0513. The summed E-state index contributed by atoms with van der Waals surface area (Å²) in [6.07, 6.45) is 7.64. The van der Waals surface area contributed by atoms with Crippen molar-refractivity contribution >= 4 is 5.91 Å². The molecule has 23 heavy (non-hydrogen) atoms. The lowest BCUT2D eigenvalue weighted by molar-refractivity contribution is -0.136. The fraction of sp³-hybridized carbons (Fsp3) is 0.500. The molecule has 1 unspecified atom stereocenters. The second kappa shape index (κ2) is 6.52. The van der Waals surface area contributed by atoms with Crippen LogP contribution in [0.1, 0.15) is 38.4 Å². The van der Waals surface area contributed by atoms with Gasteiger partial charge in [0.25, 0.3) is 0 Å². The van der Waals surface area contributed by atoms with Crippen LogP contribution in [0.3, 0.4) is 0 Å². The number of likely N-dealkylation sites (tertiary alicyclic amines) is 1. The van der Waals surface area contributed by atoms with Crippen molar-refractivity contribution in [3.63, 3.8) is 0 Å². The number of nitrogens with zero attached hydrogens (tertiary/aromatic N) is 4. The first-order chi connectivity index (χ1) is 11.1. The van der Waals surface area contributed by atoms with Gasteiger partial charge in [0.15, 0.2) is 0 Å². The van der Waals surface area contributed by atoms with E-state index in [2.05, 4.69) is 21.5 Å². The van der Waals surface area contributed by atoms with Crippen LogP contribution in [0.5, 0.6) is 0 Å². The van der Waals surface area contributed by atoms with Crippen LogP contribution in [-0.2, 0) is 4.79 Å². The monoisotopic (exact) mass is 312 g/mol. The Hall–Kier alpha value is -2.17. The van der Waals surface area contributed by atoms with Gasteiger partial charge in [0.05, 0.1) is 6.04 Å². The molecule has 0 bridgehead atoms. The van der Waals surface area contributed by atoms with Crippen LogP contribution in [0.2, 0.25) is 0 Å². The van der Waals surface area contributed by atoms with E-state index in [0.29, 0.717) is 0 Å². The van der Waals surface area contributed by atoms with Gasteiger partial charge in [-0.2, -0.15) is 0 Å². The number of carbonyl (C=O) groups excluding carboxylic acids is 1. The molecular formula is C18H24N4O. The van der Waals surface area contributed by atoms with Crippen molar-refractivity contribution < 1.29 is 4.79 Å². The Labute approximate surface area is 137 Å². The van der Waals surface area contributed by atoms with Crippen LogP contribution < -0.4 is 0 Å². The van der Waals surface area contributed by atoms with E-state index in [-0.39, 0.29) is 17.9 Å². The summed E-state index contributed by atoms with van der Waals surface area (Å²) in [5.41, 5.74) is 2.15. The van der Waals surface area contributed by atoms with E-state index in [0.717, 1.165) is 43.0 Å². The van der Waals surface area contributed by atoms with E-state index in [9.17, 15) is 4.79 Å². The average molecular weight is 312 g/mol. The maximum absolute atomic E-state index is 12.3. The molecule has 2 aromatic rings. The average Bonchev–Trinajstić information content (AvgIpc) is 2.96. The molecule has 0 spiro atoms. The summed E-state index contributed by atoms with van der Waals surface area (Å²) in [6.45, 7) is 7.64. The van der Waals surface area contributed by atoms with E-state index in [1.54, 1.807) is 6.20 Å². The molecule has 1 amide bonds. The van der Waals surface area contributed by atoms with Crippen molar-refractivity contribution in [2.24, 2.45) is 5.92 Å². The third kappa shape index (κ3) is 3.14.